The van der Waals surface area contributed by atoms with E-state index < -0.39 is 0 Å². The first kappa shape index (κ1) is 15.6. The van der Waals surface area contributed by atoms with Gasteiger partial charge in [-0.05, 0) is 18.7 Å². The van der Waals surface area contributed by atoms with Crippen LogP contribution in [0, 0.1) is 0 Å². The second-order valence-electron chi connectivity index (χ2n) is 5.02. The Morgan fingerprint density at radius 1 is 1.19 bits per heavy atom. The van der Waals surface area contributed by atoms with Crippen LogP contribution in [0.15, 0.2) is 41.7 Å². The monoisotopic (exact) mass is 289 g/mol. The van der Waals surface area contributed by atoms with Gasteiger partial charge in [-0.25, -0.2) is 4.79 Å². The first-order valence-electron chi connectivity index (χ1n) is 7.52. The lowest BCUT2D eigenvalue weighted by Crippen LogP contribution is -2.27. The second-order valence-corrected chi connectivity index (χ2v) is 5.02. The molecule has 2 rings (SSSR count). The van der Waals surface area contributed by atoms with Gasteiger partial charge in [0.2, 0.25) is 0 Å². The minimum atomic E-state index is -0.253. The maximum absolute atomic E-state index is 11.8. The van der Waals surface area contributed by atoms with Crippen LogP contribution in [0.1, 0.15) is 19.4 Å². The number of hydrogen-bond donors (Lipinski definition) is 0. The number of ether oxygens (including phenoxy) is 2. The summed E-state index contributed by atoms with van der Waals surface area (Å²) in [4.78, 5) is 14.1. The average molecular weight is 289 g/mol. The summed E-state index contributed by atoms with van der Waals surface area (Å²) in [6.45, 7) is 7.99. The SMILES string of the molecule is CCN(CC)CCOC1=C(Cc2ccccc2)C(=O)OC1. The molecule has 0 bridgehead atoms. The number of rotatable bonds is 8. The molecule has 1 aromatic carbocycles. The Morgan fingerprint density at radius 2 is 1.90 bits per heavy atom. The van der Waals surface area contributed by atoms with Gasteiger partial charge in [-0.1, -0.05) is 44.2 Å². The highest BCUT2D eigenvalue weighted by molar-refractivity contribution is 5.91. The van der Waals surface area contributed by atoms with Gasteiger partial charge in [-0.2, -0.15) is 0 Å². The molecule has 0 saturated carbocycles. The van der Waals surface area contributed by atoms with Gasteiger partial charge in [0.05, 0.1) is 5.57 Å². The summed E-state index contributed by atoms with van der Waals surface area (Å²) in [5.41, 5.74) is 1.75. The smallest absolute Gasteiger partial charge is 0.338 e. The van der Waals surface area contributed by atoms with E-state index in [0.29, 0.717) is 24.4 Å². The Bertz CT molecular complexity index is 492. The van der Waals surface area contributed by atoms with Crippen molar-refractivity contribution in [2.75, 3.05) is 32.8 Å². The predicted octanol–water partition coefficient (Wildman–Crippen LogP) is 2.40. The van der Waals surface area contributed by atoms with Crippen molar-refractivity contribution in [3.8, 4) is 0 Å². The van der Waals surface area contributed by atoms with E-state index >= 15 is 0 Å². The van der Waals surface area contributed by atoms with Gasteiger partial charge in [0.25, 0.3) is 0 Å². The molecule has 0 amide bonds. The van der Waals surface area contributed by atoms with Crippen molar-refractivity contribution in [2.45, 2.75) is 20.3 Å². The summed E-state index contributed by atoms with van der Waals surface area (Å²) < 4.78 is 10.9. The van der Waals surface area contributed by atoms with Crippen molar-refractivity contribution in [1.29, 1.82) is 0 Å². The molecule has 0 radical (unpaired) electrons. The molecule has 4 nitrogen and oxygen atoms in total. The molecule has 1 aliphatic rings. The normalized spacial score (nSPS) is 14.7. The Labute approximate surface area is 126 Å². The third-order valence-electron chi connectivity index (χ3n) is 3.72. The molecule has 0 N–H and O–H groups in total. The molecule has 114 valence electrons. The zero-order valence-corrected chi connectivity index (χ0v) is 12.8. The minimum Gasteiger partial charge on any atom is -0.492 e. The van der Waals surface area contributed by atoms with E-state index in [2.05, 4.69) is 18.7 Å². The summed E-state index contributed by atoms with van der Waals surface area (Å²) in [5.74, 6) is 0.438. The van der Waals surface area contributed by atoms with Gasteiger partial charge in [0.1, 0.15) is 19.0 Å². The van der Waals surface area contributed by atoms with Crippen LogP contribution in [-0.2, 0) is 20.7 Å². The van der Waals surface area contributed by atoms with E-state index in [9.17, 15) is 4.79 Å². The van der Waals surface area contributed by atoms with Crippen molar-refractivity contribution < 1.29 is 14.3 Å². The summed E-state index contributed by atoms with van der Waals surface area (Å²) in [5, 5.41) is 0. The van der Waals surface area contributed by atoms with Gasteiger partial charge < -0.3 is 14.4 Å². The van der Waals surface area contributed by atoms with E-state index in [1.807, 2.05) is 30.3 Å². The van der Waals surface area contributed by atoms with Gasteiger partial charge in [0, 0.05) is 13.0 Å². The number of nitrogens with zero attached hydrogens (tertiary/aromatic N) is 1. The molecule has 21 heavy (non-hydrogen) atoms. The summed E-state index contributed by atoms with van der Waals surface area (Å²) >= 11 is 0. The van der Waals surface area contributed by atoms with E-state index in [1.165, 1.54) is 0 Å². The van der Waals surface area contributed by atoms with Crippen LogP contribution in [-0.4, -0.2) is 43.7 Å². The van der Waals surface area contributed by atoms with Crippen molar-refractivity contribution in [3.05, 3.63) is 47.2 Å². The predicted molar refractivity (Wildman–Crippen MR) is 81.9 cm³/mol. The Balaban J connectivity index is 1.96. The van der Waals surface area contributed by atoms with Gasteiger partial charge in [0.15, 0.2) is 0 Å². The number of carbonyl (C=O) groups is 1. The molecular weight excluding hydrogens is 266 g/mol. The van der Waals surface area contributed by atoms with Crippen LogP contribution in [0.4, 0.5) is 0 Å². The van der Waals surface area contributed by atoms with Crippen molar-refractivity contribution in [1.82, 2.24) is 4.90 Å². The number of benzene rings is 1. The fourth-order valence-electron chi connectivity index (χ4n) is 2.36. The van der Waals surface area contributed by atoms with Crippen LogP contribution in [0.25, 0.3) is 0 Å². The highest BCUT2D eigenvalue weighted by Gasteiger charge is 2.26. The highest BCUT2D eigenvalue weighted by atomic mass is 16.6. The Hall–Kier alpha value is -1.81. The third kappa shape index (κ3) is 4.33. The van der Waals surface area contributed by atoms with E-state index in [-0.39, 0.29) is 12.6 Å². The minimum absolute atomic E-state index is 0.253. The second kappa shape index (κ2) is 7.84. The molecule has 0 saturated heterocycles. The molecule has 1 aliphatic heterocycles. The number of hydrogen-bond acceptors (Lipinski definition) is 4. The Kier molecular flexibility index (Phi) is 5.81. The molecule has 0 aliphatic carbocycles. The van der Waals surface area contributed by atoms with Gasteiger partial charge in [-0.15, -0.1) is 0 Å². The van der Waals surface area contributed by atoms with Crippen LogP contribution >= 0.6 is 0 Å². The average Bonchev–Trinajstić information content (AvgIpc) is 2.86. The topological polar surface area (TPSA) is 38.8 Å². The highest BCUT2D eigenvalue weighted by Crippen LogP contribution is 2.21. The van der Waals surface area contributed by atoms with Crippen LogP contribution in [0.5, 0.6) is 0 Å². The largest absolute Gasteiger partial charge is 0.492 e. The zero-order valence-electron chi connectivity index (χ0n) is 12.8. The first-order chi connectivity index (χ1) is 10.2. The van der Waals surface area contributed by atoms with Crippen LogP contribution < -0.4 is 0 Å². The molecule has 4 heteroatoms. The van der Waals surface area contributed by atoms with E-state index in [1.54, 1.807) is 0 Å². The molecule has 0 aromatic heterocycles. The molecule has 1 heterocycles. The standard InChI is InChI=1S/C17H23NO3/c1-3-18(4-2)10-11-20-16-13-21-17(19)15(16)12-14-8-6-5-7-9-14/h5-9H,3-4,10-13H2,1-2H3. The third-order valence-corrected chi connectivity index (χ3v) is 3.72. The summed E-state index contributed by atoms with van der Waals surface area (Å²) in [6.07, 6.45) is 0.570. The molecule has 0 unspecified atom stereocenters. The lowest BCUT2D eigenvalue weighted by atomic mass is 10.1. The lowest BCUT2D eigenvalue weighted by molar-refractivity contribution is -0.136. The molecule has 1 aromatic rings. The number of carbonyl (C=O) groups excluding carboxylic acids is 1. The quantitative estimate of drug-likeness (QED) is 0.689. The first-order valence-corrected chi connectivity index (χ1v) is 7.52. The van der Waals surface area contributed by atoms with Crippen molar-refractivity contribution >= 4 is 5.97 Å². The summed E-state index contributed by atoms with van der Waals surface area (Å²) in [6, 6.07) is 9.92. The van der Waals surface area contributed by atoms with Crippen LogP contribution in [0.2, 0.25) is 0 Å². The molecule has 0 atom stereocenters. The molecule has 0 fully saturated rings. The Morgan fingerprint density at radius 3 is 2.57 bits per heavy atom. The lowest BCUT2D eigenvalue weighted by Gasteiger charge is -2.18. The fourth-order valence-corrected chi connectivity index (χ4v) is 2.36. The maximum Gasteiger partial charge on any atom is 0.338 e. The van der Waals surface area contributed by atoms with E-state index in [4.69, 9.17) is 9.47 Å². The van der Waals surface area contributed by atoms with Crippen molar-refractivity contribution in [2.24, 2.45) is 0 Å². The maximum atomic E-state index is 11.8. The number of cyclic esters (lactones) is 1. The molecule has 0 spiro atoms. The van der Waals surface area contributed by atoms with Gasteiger partial charge >= 0.3 is 5.97 Å². The number of esters is 1. The zero-order chi connectivity index (χ0) is 15.1. The van der Waals surface area contributed by atoms with E-state index in [0.717, 1.165) is 25.2 Å². The summed E-state index contributed by atoms with van der Waals surface area (Å²) in [7, 11) is 0. The van der Waals surface area contributed by atoms with Crippen LogP contribution in [0.3, 0.4) is 0 Å². The molecular formula is C17H23NO3. The fraction of sp³-hybridized carbons (Fsp3) is 0.471. The van der Waals surface area contributed by atoms with Crippen molar-refractivity contribution in [3.63, 3.8) is 0 Å². The number of likely N-dealkylation sites (N-methyl/N-ethyl adjacent to an activating group) is 1. The van der Waals surface area contributed by atoms with Gasteiger partial charge in [-0.3, -0.25) is 0 Å².